The molecule has 2 bridgehead atoms. The van der Waals surface area contributed by atoms with Crippen LogP contribution in [0.3, 0.4) is 0 Å². The zero-order chi connectivity index (χ0) is 28.8. The van der Waals surface area contributed by atoms with E-state index in [0.29, 0.717) is 25.9 Å². The molecule has 39 heavy (non-hydrogen) atoms. The Balaban J connectivity index is 1.44. The number of aliphatic hydroxyl groups excluding tert-OH is 1. The van der Waals surface area contributed by atoms with Crippen LogP contribution in [0.25, 0.3) is 0 Å². The predicted molar refractivity (Wildman–Crippen MR) is 155 cm³/mol. The molecule has 1 saturated heterocycles. The Morgan fingerprint density at radius 2 is 1.90 bits per heavy atom. The number of nitrogens with two attached hydrogens (primary N) is 1. The van der Waals surface area contributed by atoms with Crippen LogP contribution in [0.4, 0.5) is 0 Å². The smallest absolute Gasteiger partial charge is 0.316 e. The summed E-state index contributed by atoms with van der Waals surface area (Å²) in [5, 5.41) is 11.9. The first-order chi connectivity index (χ1) is 18.3. The number of amides is 1. The van der Waals surface area contributed by atoms with E-state index in [1.54, 1.807) is 11.8 Å². The number of piperidine rings is 1. The van der Waals surface area contributed by atoms with Crippen molar-refractivity contribution in [3.8, 4) is 0 Å². The minimum absolute atomic E-state index is 0.0113. The van der Waals surface area contributed by atoms with Crippen LogP contribution in [0.5, 0.6) is 0 Å². The molecule has 3 N–H and O–H groups in total. The summed E-state index contributed by atoms with van der Waals surface area (Å²) < 4.78 is 6.31. The Bertz CT molecular complexity index is 965. The summed E-state index contributed by atoms with van der Waals surface area (Å²) in [6.07, 6.45) is 6.93. The van der Waals surface area contributed by atoms with Gasteiger partial charge in [-0.1, -0.05) is 47.1 Å². The van der Waals surface area contributed by atoms with Crippen LogP contribution in [0.15, 0.2) is 12.7 Å². The van der Waals surface area contributed by atoms with Gasteiger partial charge in [0, 0.05) is 41.5 Å². The zero-order valence-electron chi connectivity index (χ0n) is 24.6. The number of Topliss-reactive ketones (excluding diaryl/α,β-unsaturated/α-hetero) is 1. The molecule has 7 nitrogen and oxygen atoms in total. The molecule has 4 aliphatic rings. The van der Waals surface area contributed by atoms with Gasteiger partial charge in [-0.15, -0.1) is 18.3 Å². The van der Waals surface area contributed by atoms with Crippen LogP contribution >= 0.6 is 11.8 Å². The molecule has 1 aliphatic heterocycles. The number of thioether (sulfide) groups is 1. The van der Waals surface area contributed by atoms with Crippen molar-refractivity contribution in [2.24, 2.45) is 39.7 Å². The topological polar surface area (TPSA) is 110 Å². The lowest BCUT2D eigenvalue weighted by Crippen LogP contribution is -2.60. The van der Waals surface area contributed by atoms with Gasteiger partial charge in [-0.3, -0.25) is 14.4 Å². The maximum absolute atomic E-state index is 13.4. The number of rotatable bonds is 7. The van der Waals surface area contributed by atoms with Crippen LogP contribution in [0, 0.1) is 34.0 Å². The first-order valence-electron chi connectivity index (χ1n) is 15.0. The molecule has 220 valence electrons. The molecule has 0 spiro atoms. The highest BCUT2D eigenvalue weighted by Crippen LogP contribution is 2.66. The second-order valence-corrected chi connectivity index (χ2v) is 15.0. The number of ketones is 1. The molecular formula is C31H50N2O5S. The average molecular weight is 563 g/mol. The lowest BCUT2D eigenvalue weighted by atomic mass is 9.46. The summed E-state index contributed by atoms with van der Waals surface area (Å²) >= 11 is 1.60. The number of carbonyl (C=O) groups is 3. The Labute approximate surface area is 239 Å². The summed E-state index contributed by atoms with van der Waals surface area (Å²) in [7, 11) is 0. The molecular weight excluding hydrogens is 512 g/mol. The normalized spacial score (nSPS) is 40.0. The largest absolute Gasteiger partial charge is 0.461 e. The van der Waals surface area contributed by atoms with Crippen molar-refractivity contribution in [2.75, 3.05) is 18.8 Å². The number of nitrogens with zero attached hydrogens (tertiary/aromatic N) is 1. The lowest BCUT2D eigenvalue weighted by Gasteiger charge is -2.59. The second kappa shape index (κ2) is 11.5. The van der Waals surface area contributed by atoms with E-state index in [0.717, 1.165) is 38.5 Å². The summed E-state index contributed by atoms with van der Waals surface area (Å²) in [6, 6.07) is -0.470. The van der Waals surface area contributed by atoms with Gasteiger partial charge < -0.3 is 20.5 Å². The lowest BCUT2D eigenvalue weighted by molar-refractivity contribution is -0.193. The first kappa shape index (κ1) is 30.6. The Hall–Kier alpha value is -1.38. The van der Waals surface area contributed by atoms with E-state index in [4.69, 9.17) is 10.5 Å². The van der Waals surface area contributed by atoms with Crippen molar-refractivity contribution in [3.05, 3.63) is 12.7 Å². The molecule has 0 aromatic heterocycles. The fourth-order valence-electron chi connectivity index (χ4n) is 8.40. The van der Waals surface area contributed by atoms with Crippen molar-refractivity contribution < 1.29 is 24.2 Å². The van der Waals surface area contributed by atoms with Crippen molar-refractivity contribution in [2.45, 2.75) is 109 Å². The summed E-state index contributed by atoms with van der Waals surface area (Å²) in [4.78, 5) is 41.2. The predicted octanol–water partition coefficient (Wildman–Crippen LogP) is 4.35. The third kappa shape index (κ3) is 5.46. The minimum atomic E-state index is -0.654. The van der Waals surface area contributed by atoms with E-state index >= 15 is 0 Å². The van der Waals surface area contributed by atoms with Gasteiger partial charge in [-0.05, 0) is 55.8 Å². The van der Waals surface area contributed by atoms with E-state index in [2.05, 4.69) is 20.4 Å². The molecule has 8 atom stereocenters. The SMILES string of the molecule is C=C[C@]1(C)C[C@@H](OC(=O)CSC2CCN(C(=O)[C@@H](N)C(C)C)CC2)[C@]2(C)CCCC3(CCC(=O)C32)[C@@H](C)C1O. The van der Waals surface area contributed by atoms with Gasteiger partial charge >= 0.3 is 5.97 Å². The molecule has 0 aromatic carbocycles. The molecule has 3 aliphatic carbocycles. The second-order valence-electron chi connectivity index (χ2n) is 13.7. The molecule has 0 aromatic rings. The third-order valence-electron chi connectivity index (χ3n) is 11.1. The maximum atomic E-state index is 13.4. The van der Waals surface area contributed by atoms with Gasteiger partial charge in [-0.2, -0.15) is 0 Å². The molecule has 3 unspecified atom stereocenters. The molecule has 3 saturated carbocycles. The molecule has 4 rings (SSSR count). The average Bonchev–Trinajstić information content (AvgIpc) is 3.28. The molecule has 0 radical (unpaired) electrons. The van der Waals surface area contributed by atoms with E-state index in [9.17, 15) is 19.5 Å². The number of hydrogen-bond donors (Lipinski definition) is 2. The summed E-state index contributed by atoms with van der Waals surface area (Å²) in [6.45, 7) is 15.6. The molecule has 1 amide bonds. The quantitative estimate of drug-likeness (QED) is 0.351. The first-order valence-corrected chi connectivity index (χ1v) is 16.0. The fourth-order valence-corrected chi connectivity index (χ4v) is 9.39. The standard InChI is InChI=1S/C31H50N2O5S/c1-7-29(5)17-23(30(6)12-8-13-31(20(4)27(29)36)14-9-22(34)26(30)31)38-24(35)18-39-21-10-15-33(16-11-21)28(37)25(32)19(2)3/h7,19-21,23,25-27,36H,1,8-18,32H2,2-6H3/t20-,23+,25-,26?,27?,29+,30-,31?/m0/s1. The highest BCUT2D eigenvalue weighted by Gasteiger charge is 2.66. The number of ether oxygens (including phenoxy) is 1. The number of esters is 1. The molecule has 1 heterocycles. The maximum Gasteiger partial charge on any atom is 0.316 e. The minimum Gasteiger partial charge on any atom is -0.461 e. The summed E-state index contributed by atoms with van der Waals surface area (Å²) in [5.74, 6) is 0.145. The van der Waals surface area contributed by atoms with Gasteiger partial charge in [0.15, 0.2) is 0 Å². The third-order valence-corrected chi connectivity index (χ3v) is 12.4. The van der Waals surface area contributed by atoms with Crippen LogP contribution in [0.2, 0.25) is 0 Å². The van der Waals surface area contributed by atoms with E-state index in [1.807, 2.05) is 31.7 Å². The molecule has 8 heteroatoms. The summed E-state index contributed by atoms with van der Waals surface area (Å²) in [5.41, 5.74) is 4.74. The molecule has 4 fully saturated rings. The van der Waals surface area contributed by atoms with Crippen LogP contribution in [-0.2, 0) is 19.1 Å². The Kier molecular flexibility index (Phi) is 9.00. The van der Waals surface area contributed by atoms with Gasteiger partial charge in [0.05, 0.1) is 17.9 Å². The Morgan fingerprint density at radius 1 is 1.23 bits per heavy atom. The van der Waals surface area contributed by atoms with E-state index < -0.39 is 29.1 Å². The number of aliphatic hydroxyl groups is 1. The number of hydrogen-bond acceptors (Lipinski definition) is 7. The van der Waals surface area contributed by atoms with Crippen molar-refractivity contribution in [3.63, 3.8) is 0 Å². The highest BCUT2D eigenvalue weighted by molar-refractivity contribution is 8.00. The zero-order valence-corrected chi connectivity index (χ0v) is 25.4. The number of likely N-dealkylation sites (tertiary alicyclic amines) is 1. The van der Waals surface area contributed by atoms with Crippen LogP contribution < -0.4 is 5.73 Å². The van der Waals surface area contributed by atoms with Gasteiger partial charge in [0.1, 0.15) is 11.9 Å². The van der Waals surface area contributed by atoms with Gasteiger partial charge in [0.25, 0.3) is 0 Å². The van der Waals surface area contributed by atoms with Gasteiger partial charge in [0.2, 0.25) is 5.91 Å². The van der Waals surface area contributed by atoms with Crippen molar-refractivity contribution >= 4 is 29.4 Å². The number of carbonyl (C=O) groups excluding carboxylic acids is 3. The van der Waals surface area contributed by atoms with Crippen LogP contribution in [0.1, 0.15) is 86.0 Å². The van der Waals surface area contributed by atoms with E-state index in [-0.39, 0.29) is 51.8 Å². The highest BCUT2D eigenvalue weighted by atomic mass is 32.2. The van der Waals surface area contributed by atoms with E-state index in [1.165, 1.54) is 0 Å². The fraction of sp³-hybridized carbons (Fsp3) is 0.839. The van der Waals surface area contributed by atoms with Crippen molar-refractivity contribution in [1.29, 1.82) is 0 Å². The Morgan fingerprint density at radius 3 is 2.51 bits per heavy atom. The monoisotopic (exact) mass is 562 g/mol. The van der Waals surface area contributed by atoms with Crippen molar-refractivity contribution in [1.82, 2.24) is 4.90 Å². The van der Waals surface area contributed by atoms with Crippen LogP contribution in [-0.4, -0.2) is 70.0 Å². The van der Waals surface area contributed by atoms with Gasteiger partial charge in [-0.25, -0.2) is 0 Å².